The number of ether oxygens (including phenoxy) is 1. The molecule has 0 unspecified atom stereocenters. The van der Waals surface area contributed by atoms with Crippen LogP contribution < -0.4 is 5.32 Å². The molecule has 1 heterocycles. The van der Waals surface area contributed by atoms with Crippen molar-refractivity contribution in [1.82, 2.24) is 15.2 Å². The molecule has 0 aliphatic carbocycles. The largest absolute Gasteiger partial charge is 0.481 e. The number of benzene rings is 1. The van der Waals surface area contributed by atoms with Crippen molar-refractivity contribution in [2.45, 2.75) is 91.8 Å². The lowest BCUT2D eigenvalue weighted by Gasteiger charge is -2.34. The zero-order chi connectivity index (χ0) is 31.4. The van der Waals surface area contributed by atoms with E-state index in [2.05, 4.69) is 44.6 Å². The molecule has 0 fully saturated rings. The zero-order valence-electron chi connectivity index (χ0n) is 26.3. The third kappa shape index (κ3) is 11.3. The van der Waals surface area contributed by atoms with Gasteiger partial charge in [0.2, 0.25) is 5.91 Å². The van der Waals surface area contributed by atoms with E-state index in [0.717, 1.165) is 17.6 Å². The van der Waals surface area contributed by atoms with Gasteiger partial charge in [-0.1, -0.05) is 83.5 Å². The molecular formula is C33H49N3O5S. The van der Waals surface area contributed by atoms with Crippen molar-refractivity contribution in [1.29, 1.82) is 0 Å². The lowest BCUT2D eigenvalue weighted by atomic mass is 9.95. The third-order valence-electron chi connectivity index (χ3n) is 7.62. The molecule has 2 amide bonds. The Labute approximate surface area is 255 Å². The number of amides is 2. The van der Waals surface area contributed by atoms with Crippen molar-refractivity contribution >= 4 is 29.1 Å². The van der Waals surface area contributed by atoms with Crippen LogP contribution in [0.25, 0.3) is 0 Å². The van der Waals surface area contributed by atoms with Crippen LogP contribution in [0, 0.1) is 17.8 Å². The van der Waals surface area contributed by atoms with Crippen molar-refractivity contribution in [2.24, 2.45) is 17.8 Å². The van der Waals surface area contributed by atoms with Crippen LogP contribution in [-0.2, 0) is 20.7 Å². The summed E-state index contributed by atoms with van der Waals surface area (Å²) in [5.74, 6) is -1.25. The maximum Gasteiger partial charge on any atom is 0.306 e. The van der Waals surface area contributed by atoms with Crippen molar-refractivity contribution in [3.05, 3.63) is 64.1 Å². The van der Waals surface area contributed by atoms with E-state index in [1.807, 2.05) is 49.2 Å². The predicted molar refractivity (Wildman–Crippen MR) is 169 cm³/mol. The van der Waals surface area contributed by atoms with E-state index in [9.17, 15) is 19.5 Å². The Morgan fingerprint density at radius 3 is 2.36 bits per heavy atom. The van der Waals surface area contributed by atoms with E-state index in [-0.39, 0.29) is 35.5 Å². The second-order valence-electron chi connectivity index (χ2n) is 11.9. The molecule has 8 nitrogen and oxygen atoms in total. The van der Waals surface area contributed by atoms with E-state index in [1.54, 1.807) is 12.3 Å². The van der Waals surface area contributed by atoms with E-state index >= 15 is 0 Å². The second-order valence-corrected chi connectivity index (χ2v) is 12.8. The number of carbonyl (C=O) groups is 3. The molecule has 0 aliphatic rings. The molecule has 9 heteroatoms. The summed E-state index contributed by atoms with van der Waals surface area (Å²) in [7, 11) is 1.86. The maximum atomic E-state index is 13.3. The normalized spacial score (nSPS) is 15.0. The lowest BCUT2D eigenvalue weighted by molar-refractivity contribution is -0.141. The Morgan fingerprint density at radius 2 is 1.79 bits per heavy atom. The molecule has 1 aromatic carbocycles. The molecule has 232 valence electrons. The summed E-state index contributed by atoms with van der Waals surface area (Å²) in [6.07, 6.45) is 2.37. The molecule has 1 aromatic heterocycles. The SMILES string of the molecule is C=C(C)CO[C@H](C[C@H](C(C)C)N(C)C(=O)C[C@@H](C)CC)c1nc(C(=O)N[C@@H](Cc2ccccc2)C[C@H](C)C(=O)O)cs1. The molecule has 2 aromatic rings. The summed E-state index contributed by atoms with van der Waals surface area (Å²) >= 11 is 1.35. The molecule has 2 rings (SSSR count). The highest BCUT2D eigenvalue weighted by atomic mass is 32.1. The molecule has 42 heavy (non-hydrogen) atoms. The monoisotopic (exact) mass is 599 g/mol. The number of carbonyl (C=O) groups excluding carboxylic acids is 2. The average Bonchev–Trinajstić information content (AvgIpc) is 3.43. The van der Waals surface area contributed by atoms with Crippen LogP contribution in [0.1, 0.15) is 94.4 Å². The Morgan fingerprint density at radius 1 is 1.12 bits per heavy atom. The van der Waals surface area contributed by atoms with Gasteiger partial charge in [0.15, 0.2) is 0 Å². The first kappa shape index (κ1) is 35.2. The van der Waals surface area contributed by atoms with Crippen LogP contribution in [-0.4, -0.2) is 58.5 Å². The molecule has 5 atom stereocenters. The average molecular weight is 600 g/mol. The Kier molecular flexibility index (Phi) is 14.4. The summed E-state index contributed by atoms with van der Waals surface area (Å²) in [5.41, 5.74) is 2.15. The van der Waals surface area contributed by atoms with Gasteiger partial charge < -0.3 is 20.1 Å². The van der Waals surface area contributed by atoms with E-state index in [1.165, 1.54) is 11.3 Å². The van der Waals surface area contributed by atoms with Crippen LogP contribution in [0.2, 0.25) is 0 Å². The fourth-order valence-corrected chi connectivity index (χ4v) is 5.63. The van der Waals surface area contributed by atoms with Gasteiger partial charge in [0.25, 0.3) is 5.91 Å². The van der Waals surface area contributed by atoms with Gasteiger partial charge in [0.1, 0.15) is 16.8 Å². The molecule has 2 N–H and O–H groups in total. The minimum absolute atomic E-state index is 0.0781. The van der Waals surface area contributed by atoms with Gasteiger partial charge in [0.05, 0.1) is 12.5 Å². The predicted octanol–water partition coefficient (Wildman–Crippen LogP) is 6.54. The minimum atomic E-state index is -0.900. The molecule has 0 spiro atoms. The fourth-order valence-electron chi connectivity index (χ4n) is 4.77. The van der Waals surface area contributed by atoms with Gasteiger partial charge >= 0.3 is 5.97 Å². The summed E-state index contributed by atoms with van der Waals surface area (Å²) in [5, 5.41) is 14.9. The summed E-state index contributed by atoms with van der Waals surface area (Å²) in [4.78, 5) is 44.5. The minimum Gasteiger partial charge on any atom is -0.481 e. The van der Waals surface area contributed by atoms with Gasteiger partial charge in [-0.15, -0.1) is 11.3 Å². The first-order valence-corrected chi connectivity index (χ1v) is 15.7. The van der Waals surface area contributed by atoms with E-state index in [4.69, 9.17) is 4.74 Å². The quantitative estimate of drug-likeness (QED) is 0.188. The van der Waals surface area contributed by atoms with Crippen LogP contribution >= 0.6 is 11.3 Å². The van der Waals surface area contributed by atoms with Crippen molar-refractivity contribution in [2.75, 3.05) is 13.7 Å². The first-order chi connectivity index (χ1) is 19.8. The van der Waals surface area contributed by atoms with Crippen LogP contribution in [0.5, 0.6) is 0 Å². The van der Waals surface area contributed by atoms with Crippen LogP contribution in [0.3, 0.4) is 0 Å². The van der Waals surface area contributed by atoms with Crippen LogP contribution in [0.4, 0.5) is 0 Å². The molecule has 0 radical (unpaired) electrons. The first-order valence-electron chi connectivity index (χ1n) is 14.9. The Bertz CT molecular complexity index is 1170. The standard InChI is InChI=1S/C33H49N3O5S/c1-9-23(6)15-30(37)36(8)28(22(4)5)18-29(41-19-21(2)3)32-35-27(20-42-32)31(38)34-26(16-24(7)33(39)40)17-25-13-11-10-12-14-25/h10-14,20,22-24,26,28-29H,2,9,15-19H2,1,3-8H3,(H,34,38)(H,39,40)/t23-,24-,26+,28+,29+/m0/s1. The number of aromatic nitrogens is 1. The number of hydrogen-bond donors (Lipinski definition) is 2. The number of nitrogens with zero attached hydrogens (tertiary/aromatic N) is 2. The summed E-state index contributed by atoms with van der Waals surface area (Å²) in [6, 6.07) is 9.24. The van der Waals surface area contributed by atoms with Gasteiger partial charge in [-0.3, -0.25) is 14.4 Å². The van der Waals surface area contributed by atoms with Crippen molar-refractivity contribution in [3.8, 4) is 0 Å². The topological polar surface area (TPSA) is 109 Å². The number of carboxylic acid groups (broad SMARTS) is 1. The van der Waals surface area contributed by atoms with E-state index < -0.39 is 18.0 Å². The molecule has 0 saturated heterocycles. The Hall–Kier alpha value is -3.04. The van der Waals surface area contributed by atoms with Crippen LogP contribution in [0.15, 0.2) is 47.9 Å². The number of aliphatic carboxylic acids is 1. The highest BCUT2D eigenvalue weighted by Crippen LogP contribution is 2.31. The number of hydrogen-bond acceptors (Lipinski definition) is 6. The molecular weight excluding hydrogens is 550 g/mol. The number of thiazole rings is 1. The van der Waals surface area contributed by atoms with Crippen molar-refractivity contribution < 1.29 is 24.2 Å². The van der Waals surface area contributed by atoms with Gasteiger partial charge in [0, 0.05) is 37.4 Å². The van der Waals surface area contributed by atoms with E-state index in [0.29, 0.717) is 43.2 Å². The fraction of sp³-hybridized carbons (Fsp3) is 0.576. The van der Waals surface area contributed by atoms with Gasteiger partial charge in [-0.25, -0.2) is 4.98 Å². The zero-order valence-corrected chi connectivity index (χ0v) is 27.1. The molecule has 0 aliphatic heterocycles. The molecule has 0 saturated carbocycles. The lowest BCUT2D eigenvalue weighted by Crippen LogP contribution is -2.42. The summed E-state index contributed by atoms with van der Waals surface area (Å²) in [6.45, 7) is 16.2. The number of rotatable bonds is 18. The summed E-state index contributed by atoms with van der Waals surface area (Å²) < 4.78 is 6.25. The smallest absolute Gasteiger partial charge is 0.306 e. The second kappa shape index (κ2) is 17.2. The maximum absolute atomic E-state index is 13.3. The highest BCUT2D eigenvalue weighted by Gasteiger charge is 2.30. The highest BCUT2D eigenvalue weighted by molar-refractivity contribution is 7.09. The Balaban J connectivity index is 2.26. The van der Waals surface area contributed by atoms with Gasteiger partial charge in [-0.2, -0.15) is 0 Å². The van der Waals surface area contributed by atoms with Gasteiger partial charge in [-0.05, 0) is 37.2 Å². The number of nitrogens with one attached hydrogen (secondary N) is 1. The third-order valence-corrected chi connectivity index (χ3v) is 8.55. The number of carboxylic acids is 1. The molecule has 0 bridgehead atoms. The van der Waals surface area contributed by atoms with Crippen molar-refractivity contribution in [3.63, 3.8) is 0 Å².